The van der Waals surface area contributed by atoms with Crippen LogP contribution in [0.5, 0.6) is 0 Å². The zero-order chi connectivity index (χ0) is 16.9. The van der Waals surface area contributed by atoms with E-state index in [1.807, 2.05) is 57.2 Å². The second kappa shape index (κ2) is 7.32. The number of nitriles is 1. The molecule has 0 heterocycles. The molecule has 4 heteroatoms. The van der Waals surface area contributed by atoms with Crippen LogP contribution in [-0.2, 0) is 11.3 Å². The highest BCUT2D eigenvalue weighted by Gasteiger charge is 2.29. The minimum absolute atomic E-state index is 0.0714. The van der Waals surface area contributed by atoms with Gasteiger partial charge in [-0.1, -0.05) is 36.4 Å². The summed E-state index contributed by atoms with van der Waals surface area (Å²) in [5.74, 6) is 0. The maximum atomic E-state index is 12.6. The minimum atomic E-state index is -0.520. The van der Waals surface area contributed by atoms with Crippen LogP contribution < -0.4 is 0 Å². The maximum absolute atomic E-state index is 12.6. The molecule has 1 aromatic carbocycles. The lowest BCUT2D eigenvalue weighted by Gasteiger charge is -2.34. The molecule has 122 valence electrons. The largest absolute Gasteiger partial charge is 0.444 e. The molecular weight excluding hydrogens is 288 g/mol. The van der Waals surface area contributed by atoms with Crippen molar-refractivity contribution in [2.24, 2.45) is 0 Å². The predicted octanol–water partition coefficient (Wildman–Crippen LogP) is 4.43. The standard InChI is InChI=1S/C19H24N2O2/c1-19(2,3)23-18(22)21(14-16-7-5-4-6-8-16)17-11-9-15(13-20)10-12-17/h4-9,17H,10-12,14H2,1-3H3. The minimum Gasteiger partial charge on any atom is -0.444 e. The quantitative estimate of drug-likeness (QED) is 0.830. The summed E-state index contributed by atoms with van der Waals surface area (Å²) in [6.45, 7) is 6.15. The molecule has 0 spiro atoms. The fraction of sp³-hybridized carbons (Fsp3) is 0.474. The normalized spacial score (nSPS) is 17.8. The molecule has 0 N–H and O–H groups in total. The molecule has 0 bridgehead atoms. The van der Waals surface area contributed by atoms with Gasteiger partial charge in [-0.05, 0) is 45.6 Å². The van der Waals surface area contributed by atoms with E-state index in [0.717, 1.165) is 24.0 Å². The van der Waals surface area contributed by atoms with Crippen molar-refractivity contribution < 1.29 is 9.53 Å². The van der Waals surface area contributed by atoms with Gasteiger partial charge in [-0.3, -0.25) is 0 Å². The third-order valence-corrected chi connectivity index (χ3v) is 3.79. The number of hydrogen-bond donors (Lipinski definition) is 0. The average molecular weight is 312 g/mol. The number of carbonyl (C=O) groups is 1. The van der Waals surface area contributed by atoms with Crippen molar-refractivity contribution >= 4 is 6.09 Å². The second-order valence-electron chi connectivity index (χ2n) is 6.86. The van der Waals surface area contributed by atoms with E-state index in [2.05, 4.69) is 6.07 Å². The Hall–Kier alpha value is -2.28. The van der Waals surface area contributed by atoms with Gasteiger partial charge in [-0.2, -0.15) is 5.26 Å². The molecule has 23 heavy (non-hydrogen) atoms. The van der Waals surface area contributed by atoms with Crippen LogP contribution in [0.4, 0.5) is 4.79 Å². The van der Waals surface area contributed by atoms with Crippen molar-refractivity contribution in [3.8, 4) is 6.07 Å². The van der Waals surface area contributed by atoms with Crippen molar-refractivity contribution in [1.82, 2.24) is 4.90 Å². The highest BCUT2D eigenvalue weighted by molar-refractivity contribution is 5.68. The topological polar surface area (TPSA) is 53.3 Å². The van der Waals surface area contributed by atoms with Gasteiger partial charge in [0.1, 0.15) is 5.60 Å². The molecule has 0 aromatic heterocycles. The molecule has 1 unspecified atom stereocenters. The number of benzene rings is 1. The maximum Gasteiger partial charge on any atom is 0.410 e. The first-order valence-corrected chi connectivity index (χ1v) is 8.02. The molecule has 2 rings (SSSR count). The fourth-order valence-corrected chi connectivity index (χ4v) is 2.65. The summed E-state index contributed by atoms with van der Waals surface area (Å²) in [6.07, 6.45) is 3.87. The molecule has 1 aliphatic rings. The Labute approximate surface area is 138 Å². The molecule has 1 atom stereocenters. The monoisotopic (exact) mass is 312 g/mol. The van der Waals surface area contributed by atoms with Crippen LogP contribution in [-0.4, -0.2) is 22.6 Å². The van der Waals surface area contributed by atoms with E-state index in [9.17, 15) is 4.79 Å². The van der Waals surface area contributed by atoms with Gasteiger partial charge in [0.25, 0.3) is 0 Å². The van der Waals surface area contributed by atoms with Gasteiger partial charge in [0, 0.05) is 18.2 Å². The number of hydrogen-bond acceptors (Lipinski definition) is 3. The van der Waals surface area contributed by atoms with Gasteiger partial charge in [-0.15, -0.1) is 0 Å². The van der Waals surface area contributed by atoms with E-state index in [-0.39, 0.29) is 12.1 Å². The van der Waals surface area contributed by atoms with Crippen molar-refractivity contribution in [2.45, 2.75) is 58.2 Å². The third kappa shape index (κ3) is 5.14. The lowest BCUT2D eigenvalue weighted by atomic mass is 9.94. The van der Waals surface area contributed by atoms with E-state index >= 15 is 0 Å². The van der Waals surface area contributed by atoms with Crippen molar-refractivity contribution in [3.63, 3.8) is 0 Å². The number of allylic oxidation sites excluding steroid dienone is 1. The Balaban J connectivity index is 2.16. The zero-order valence-electron chi connectivity index (χ0n) is 14.1. The van der Waals surface area contributed by atoms with Crippen LogP contribution >= 0.6 is 0 Å². The molecule has 1 aliphatic carbocycles. The summed E-state index contributed by atoms with van der Waals surface area (Å²) in [5.41, 5.74) is 1.37. The molecule has 0 aliphatic heterocycles. The highest BCUT2D eigenvalue weighted by Crippen LogP contribution is 2.25. The molecule has 4 nitrogen and oxygen atoms in total. The van der Waals surface area contributed by atoms with E-state index in [0.29, 0.717) is 13.0 Å². The van der Waals surface area contributed by atoms with Crippen molar-refractivity contribution in [2.75, 3.05) is 0 Å². The lowest BCUT2D eigenvalue weighted by Crippen LogP contribution is -2.43. The van der Waals surface area contributed by atoms with Crippen molar-refractivity contribution in [1.29, 1.82) is 5.26 Å². The van der Waals surface area contributed by atoms with Gasteiger partial charge >= 0.3 is 6.09 Å². The lowest BCUT2D eigenvalue weighted by molar-refractivity contribution is 0.0128. The van der Waals surface area contributed by atoms with Crippen LogP contribution in [0.25, 0.3) is 0 Å². The van der Waals surface area contributed by atoms with E-state index < -0.39 is 5.60 Å². The third-order valence-electron chi connectivity index (χ3n) is 3.79. The Kier molecular flexibility index (Phi) is 5.44. The van der Waals surface area contributed by atoms with Gasteiger partial charge < -0.3 is 9.64 Å². The fourth-order valence-electron chi connectivity index (χ4n) is 2.65. The smallest absolute Gasteiger partial charge is 0.410 e. The first-order valence-electron chi connectivity index (χ1n) is 8.02. The summed E-state index contributed by atoms with van der Waals surface area (Å²) in [5, 5.41) is 8.99. The summed E-state index contributed by atoms with van der Waals surface area (Å²) in [7, 11) is 0. The Morgan fingerprint density at radius 3 is 2.57 bits per heavy atom. The molecule has 1 aromatic rings. The van der Waals surface area contributed by atoms with Crippen LogP contribution in [0, 0.1) is 11.3 Å². The first kappa shape index (κ1) is 17.1. The van der Waals surface area contributed by atoms with Gasteiger partial charge in [0.2, 0.25) is 0 Å². The SMILES string of the molecule is CC(C)(C)OC(=O)N(Cc1ccccc1)C1CC=C(C#N)CC1. The molecule has 0 radical (unpaired) electrons. The van der Waals surface area contributed by atoms with Crippen LogP contribution in [0.2, 0.25) is 0 Å². The van der Waals surface area contributed by atoms with E-state index in [1.54, 1.807) is 4.90 Å². The van der Waals surface area contributed by atoms with Gasteiger partial charge in [0.15, 0.2) is 0 Å². The molecule has 1 amide bonds. The second-order valence-corrected chi connectivity index (χ2v) is 6.86. The average Bonchev–Trinajstić information content (AvgIpc) is 2.52. The number of rotatable bonds is 3. The van der Waals surface area contributed by atoms with Crippen molar-refractivity contribution in [3.05, 3.63) is 47.5 Å². The number of amides is 1. The van der Waals surface area contributed by atoms with Crippen LogP contribution in [0.1, 0.15) is 45.6 Å². The molecular formula is C19H24N2O2. The summed E-state index contributed by atoms with van der Waals surface area (Å²) >= 11 is 0. The number of carbonyl (C=O) groups excluding carboxylic acids is 1. The van der Waals surface area contributed by atoms with Crippen LogP contribution in [0.3, 0.4) is 0 Å². The Bertz CT molecular complexity index is 608. The Morgan fingerprint density at radius 2 is 2.04 bits per heavy atom. The van der Waals surface area contributed by atoms with E-state index in [1.165, 1.54) is 0 Å². The molecule has 0 saturated carbocycles. The molecule has 0 saturated heterocycles. The number of ether oxygens (including phenoxy) is 1. The van der Waals surface area contributed by atoms with Gasteiger partial charge in [-0.25, -0.2) is 4.79 Å². The highest BCUT2D eigenvalue weighted by atomic mass is 16.6. The first-order chi connectivity index (χ1) is 10.9. The summed E-state index contributed by atoms with van der Waals surface area (Å²) in [6, 6.07) is 12.2. The van der Waals surface area contributed by atoms with Crippen LogP contribution in [0.15, 0.2) is 42.0 Å². The summed E-state index contributed by atoms with van der Waals surface area (Å²) in [4.78, 5) is 14.4. The molecule has 0 fully saturated rings. The Morgan fingerprint density at radius 1 is 1.35 bits per heavy atom. The summed E-state index contributed by atoms with van der Waals surface area (Å²) < 4.78 is 5.58. The van der Waals surface area contributed by atoms with E-state index in [4.69, 9.17) is 10.00 Å². The predicted molar refractivity (Wildman–Crippen MR) is 89.6 cm³/mol. The number of nitrogens with zero attached hydrogens (tertiary/aromatic N) is 2. The van der Waals surface area contributed by atoms with Gasteiger partial charge in [0.05, 0.1) is 6.07 Å². The zero-order valence-corrected chi connectivity index (χ0v) is 14.1.